The SMILES string of the molecule is COCCCN(Cc1nc2sc3c(c2c(=O)[nH]1)CCC(C)C3)CC(O)COC(C)(C)C. The van der Waals surface area contributed by atoms with Gasteiger partial charge < -0.3 is 19.6 Å². The monoisotopic (exact) mass is 451 g/mol. The van der Waals surface area contributed by atoms with Crippen molar-refractivity contribution in [3.05, 3.63) is 26.6 Å². The highest BCUT2D eigenvalue weighted by molar-refractivity contribution is 7.18. The molecule has 0 bridgehead atoms. The summed E-state index contributed by atoms with van der Waals surface area (Å²) in [6, 6.07) is 0. The number of aromatic amines is 1. The molecule has 1 aliphatic rings. The largest absolute Gasteiger partial charge is 0.389 e. The Morgan fingerprint density at radius 3 is 2.87 bits per heavy atom. The van der Waals surface area contributed by atoms with Crippen molar-refractivity contribution in [3.8, 4) is 0 Å². The molecule has 0 aromatic carbocycles. The topological polar surface area (TPSA) is 87.7 Å². The average Bonchev–Trinajstić information content (AvgIpc) is 3.03. The normalized spacial score (nSPS) is 18.0. The first kappa shape index (κ1) is 24.3. The zero-order chi connectivity index (χ0) is 22.6. The summed E-state index contributed by atoms with van der Waals surface area (Å²) in [5.41, 5.74) is 0.862. The van der Waals surface area contributed by atoms with Crippen LogP contribution in [0.15, 0.2) is 4.79 Å². The molecule has 0 amide bonds. The van der Waals surface area contributed by atoms with E-state index in [1.54, 1.807) is 18.4 Å². The first-order valence-electron chi connectivity index (χ1n) is 11.2. The summed E-state index contributed by atoms with van der Waals surface area (Å²) in [6.45, 7) is 10.8. The predicted octanol–water partition coefficient (Wildman–Crippen LogP) is 3.12. The Kier molecular flexibility index (Phi) is 8.26. The van der Waals surface area contributed by atoms with E-state index >= 15 is 0 Å². The van der Waals surface area contributed by atoms with Crippen LogP contribution in [0.5, 0.6) is 0 Å². The third-order valence-corrected chi connectivity index (χ3v) is 6.74. The molecule has 2 aromatic heterocycles. The van der Waals surface area contributed by atoms with E-state index in [0.29, 0.717) is 31.4 Å². The molecule has 2 N–H and O–H groups in total. The average molecular weight is 452 g/mol. The van der Waals surface area contributed by atoms with Crippen LogP contribution in [-0.4, -0.2) is 65.1 Å². The maximum absolute atomic E-state index is 12.9. The van der Waals surface area contributed by atoms with Crippen LogP contribution in [0.2, 0.25) is 0 Å². The minimum atomic E-state index is -0.618. The summed E-state index contributed by atoms with van der Waals surface area (Å²) < 4.78 is 10.9. The Bertz CT molecular complexity index is 918. The van der Waals surface area contributed by atoms with Crippen molar-refractivity contribution in [1.29, 1.82) is 0 Å². The van der Waals surface area contributed by atoms with Gasteiger partial charge in [-0.2, -0.15) is 0 Å². The number of aliphatic hydroxyl groups excluding tert-OH is 1. The lowest BCUT2D eigenvalue weighted by molar-refractivity contribution is -0.0571. The van der Waals surface area contributed by atoms with Crippen molar-refractivity contribution in [3.63, 3.8) is 0 Å². The molecule has 0 saturated heterocycles. The fourth-order valence-electron chi connectivity index (χ4n) is 4.04. The van der Waals surface area contributed by atoms with Gasteiger partial charge >= 0.3 is 0 Å². The molecule has 0 radical (unpaired) electrons. The molecule has 2 heterocycles. The van der Waals surface area contributed by atoms with Crippen LogP contribution in [0.1, 0.15) is 56.8 Å². The highest BCUT2D eigenvalue weighted by Crippen LogP contribution is 2.35. The third-order valence-electron chi connectivity index (χ3n) is 5.59. The standard InChI is InChI=1S/C23H37N3O4S/c1-15-7-8-17-18(11-15)31-22-20(17)21(28)24-19(25-22)13-26(9-6-10-29-5)12-16(27)14-30-23(2,3)4/h15-16,27H,6-14H2,1-5H3,(H,24,25,28). The minimum Gasteiger partial charge on any atom is -0.389 e. The van der Waals surface area contributed by atoms with Gasteiger partial charge in [-0.05, 0) is 57.9 Å². The molecule has 2 atom stereocenters. The van der Waals surface area contributed by atoms with Crippen molar-refractivity contribution in [2.45, 2.75) is 71.6 Å². The summed E-state index contributed by atoms with van der Waals surface area (Å²) >= 11 is 1.67. The van der Waals surface area contributed by atoms with Gasteiger partial charge in [0.25, 0.3) is 5.56 Å². The summed E-state index contributed by atoms with van der Waals surface area (Å²) in [6.07, 6.45) is 3.34. The van der Waals surface area contributed by atoms with Crippen molar-refractivity contribution in [2.75, 3.05) is 33.4 Å². The van der Waals surface area contributed by atoms with Crippen LogP contribution < -0.4 is 5.56 Å². The Balaban J connectivity index is 1.75. The fraction of sp³-hybridized carbons (Fsp3) is 0.739. The lowest BCUT2D eigenvalue weighted by atomic mass is 9.89. The van der Waals surface area contributed by atoms with Gasteiger partial charge in [-0.15, -0.1) is 11.3 Å². The summed E-state index contributed by atoms with van der Waals surface area (Å²) in [7, 11) is 1.68. The molecule has 0 spiro atoms. The number of hydrogen-bond donors (Lipinski definition) is 2. The van der Waals surface area contributed by atoms with Crippen molar-refractivity contribution < 1.29 is 14.6 Å². The van der Waals surface area contributed by atoms with Gasteiger partial charge in [-0.25, -0.2) is 4.98 Å². The number of rotatable bonds is 10. The highest BCUT2D eigenvalue weighted by atomic mass is 32.1. The molecule has 174 valence electrons. The Morgan fingerprint density at radius 2 is 2.16 bits per heavy atom. The second-order valence-electron chi connectivity index (χ2n) is 9.70. The van der Waals surface area contributed by atoms with Gasteiger partial charge in [-0.1, -0.05) is 6.92 Å². The van der Waals surface area contributed by atoms with E-state index in [4.69, 9.17) is 14.5 Å². The molecular weight excluding hydrogens is 414 g/mol. The second-order valence-corrected chi connectivity index (χ2v) is 10.8. The van der Waals surface area contributed by atoms with Crippen LogP contribution >= 0.6 is 11.3 Å². The molecule has 2 aromatic rings. The van der Waals surface area contributed by atoms with Crippen LogP contribution in [-0.2, 0) is 28.9 Å². The summed E-state index contributed by atoms with van der Waals surface area (Å²) in [5, 5.41) is 11.3. The number of aliphatic hydroxyl groups is 1. The van der Waals surface area contributed by atoms with Crippen LogP contribution in [0, 0.1) is 5.92 Å². The Hall–Kier alpha value is -1.32. The molecule has 8 heteroatoms. The van der Waals surface area contributed by atoms with Crippen LogP contribution in [0.25, 0.3) is 10.2 Å². The molecular formula is C23H37N3O4S. The first-order valence-corrected chi connectivity index (χ1v) is 12.0. The minimum absolute atomic E-state index is 0.0412. The summed E-state index contributed by atoms with van der Waals surface area (Å²) in [5.74, 6) is 1.30. The third kappa shape index (κ3) is 6.83. The number of H-pyrrole nitrogens is 1. The number of methoxy groups -OCH3 is 1. The number of fused-ring (bicyclic) bond motifs is 3. The number of nitrogens with one attached hydrogen (secondary N) is 1. The number of ether oxygens (including phenoxy) is 2. The van der Waals surface area contributed by atoms with Crippen LogP contribution in [0.4, 0.5) is 0 Å². The zero-order valence-electron chi connectivity index (χ0n) is 19.5. The number of thiophene rings is 1. The van der Waals surface area contributed by atoms with Crippen molar-refractivity contribution in [1.82, 2.24) is 14.9 Å². The van der Waals surface area contributed by atoms with Crippen molar-refractivity contribution in [2.24, 2.45) is 5.92 Å². The van der Waals surface area contributed by atoms with Gasteiger partial charge in [0.15, 0.2) is 0 Å². The molecule has 0 fully saturated rings. The number of nitrogens with zero attached hydrogens (tertiary/aromatic N) is 2. The van der Waals surface area contributed by atoms with E-state index in [2.05, 4.69) is 16.8 Å². The molecule has 31 heavy (non-hydrogen) atoms. The Labute approximate surface area is 188 Å². The van der Waals surface area contributed by atoms with Gasteiger partial charge in [0, 0.05) is 31.7 Å². The molecule has 1 aliphatic carbocycles. The smallest absolute Gasteiger partial charge is 0.259 e. The van der Waals surface area contributed by atoms with Gasteiger partial charge in [0.2, 0.25) is 0 Å². The number of aryl methyl sites for hydroxylation is 1. The lowest BCUT2D eigenvalue weighted by Gasteiger charge is -2.27. The molecule has 7 nitrogen and oxygen atoms in total. The van der Waals surface area contributed by atoms with E-state index < -0.39 is 6.10 Å². The van der Waals surface area contributed by atoms with Gasteiger partial charge in [0.05, 0.1) is 30.2 Å². The van der Waals surface area contributed by atoms with Crippen molar-refractivity contribution >= 4 is 21.6 Å². The van der Waals surface area contributed by atoms with E-state index in [-0.39, 0.29) is 17.8 Å². The van der Waals surface area contributed by atoms with E-state index in [1.165, 1.54) is 10.4 Å². The number of hydrogen-bond acceptors (Lipinski definition) is 7. The predicted molar refractivity (Wildman–Crippen MR) is 125 cm³/mol. The second kappa shape index (κ2) is 10.5. The Morgan fingerprint density at radius 1 is 1.39 bits per heavy atom. The highest BCUT2D eigenvalue weighted by Gasteiger charge is 2.24. The fourth-order valence-corrected chi connectivity index (χ4v) is 5.45. The lowest BCUT2D eigenvalue weighted by Crippen LogP contribution is -2.38. The van der Waals surface area contributed by atoms with Gasteiger partial charge in [-0.3, -0.25) is 9.69 Å². The molecule has 3 rings (SSSR count). The maximum atomic E-state index is 12.9. The maximum Gasteiger partial charge on any atom is 0.259 e. The molecule has 0 saturated carbocycles. The van der Waals surface area contributed by atoms with E-state index in [9.17, 15) is 9.90 Å². The molecule has 2 unspecified atom stereocenters. The summed E-state index contributed by atoms with van der Waals surface area (Å²) in [4.78, 5) is 25.0. The first-order chi connectivity index (χ1) is 14.7. The quantitative estimate of drug-likeness (QED) is 0.540. The van der Waals surface area contributed by atoms with Gasteiger partial charge in [0.1, 0.15) is 10.7 Å². The van der Waals surface area contributed by atoms with Crippen LogP contribution in [0.3, 0.4) is 0 Å². The van der Waals surface area contributed by atoms with E-state index in [0.717, 1.165) is 42.4 Å². The zero-order valence-corrected chi connectivity index (χ0v) is 20.3. The molecule has 0 aliphatic heterocycles. The number of aromatic nitrogens is 2. The van der Waals surface area contributed by atoms with E-state index in [1.807, 2.05) is 20.8 Å².